The van der Waals surface area contributed by atoms with Crippen LogP contribution in [-0.2, 0) is 22.4 Å². The van der Waals surface area contributed by atoms with Crippen molar-refractivity contribution in [1.29, 1.82) is 0 Å². The van der Waals surface area contributed by atoms with Gasteiger partial charge in [0.15, 0.2) is 5.16 Å². The number of aromatic nitrogens is 2. The predicted molar refractivity (Wildman–Crippen MR) is 117 cm³/mol. The van der Waals surface area contributed by atoms with Gasteiger partial charge in [0.1, 0.15) is 11.6 Å². The first-order valence-electron chi connectivity index (χ1n) is 9.67. The number of halogens is 2. The Kier molecular flexibility index (Phi) is 8.09. The number of amides is 2. The number of aromatic amines is 1. The topological polar surface area (TPSA) is 104 Å². The first kappa shape index (κ1) is 23.1. The molecule has 10 heteroatoms. The van der Waals surface area contributed by atoms with Gasteiger partial charge in [0.25, 0.3) is 5.56 Å². The Labute approximate surface area is 186 Å². The van der Waals surface area contributed by atoms with Crippen molar-refractivity contribution in [3.63, 3.8) is 0 Å². The highest BCUT2D eigenvalue weighted by atomic mass is 32.2. The number of hydrogen-bond acceptors (Lipinski definition) is 5. The lowest BCUT2D eigenvalue weighted by molar-refractivity contribution is -0.120. The fourth-order valence-corrected chi connectivity index (χ4v) is 3.47. The molecule has 2 aromatic carbocycles. The second-order valence-corrected chi connectivity index (χ2v) is 7.73. The molecule has 0 aliphatic rings. The Hall–Kier alpha value is -3.53. The summed E-state index contributed by atoms with van der Waals surface area (Å²) in [6.45, 7) is 0.452. The van der Waals surface area contributed by atoms with E-state index in [1.807, 2.05) is 30.3 Å². The molecule has 0 atom stereocenters. The van der Waals surface area contributed by atoms with Crippen LogP contribution in [0.25, 0.3) is 0 Å². The van der Waals surface area contributed by atoms with Crippen LogP contribution in [0.15, 0.2) is 64.5 Å². The van der Waals surface area contributed by atoms with Gasteiger partial charge in [0.05, 0.1) is 23.6 Å². The molecule has 0 radical (unpaired) electrons. The molecular formula is C22H20F2N4O3S. The maximum atomic E-state index is 13.6. The minimum atomic E-state index is -0.893. The summed E-state index contributed by atoms with van der Waals surface area (Å²) in [6, 6.07) is 13.7. The zero-order valence-electron chi connectivity index (χ0n) is 16.9. The molecule has 3 aromatic rings. The van der Waals surface area contributed by atoms with E-state index in [4.69, 9.17) is 0 Å². The third kappa shape index (κ3) is 7.31. The van der Waals surface area contributed by atoms with E-state index in [1.165, 1.54) is 6.07 Å². The van der Waals surface area contributed by atoms with Crippen LogP contribution in [0.1, 0.15) is 11.3 Å². The average molecular weight is 458 g/mol. The van der Waals surface area contributed by atoms with Gasteiger partial charge in [-0.25, -0.2) is 13.8 Å². The molecule has 32 heavy (non-hydrogen) atoms. The SMILES string of the molecule is O=C(Cc1cc(=O)[nH]c(SCC(=O)Nc2ccc(F)cc2F)n1)NCCc1ccccc1. The van der Waals surface area contributed by atoms with Crippen molar-refractivity contribution in [2.24, 2.45) is 0 Å². The first-order valence-corrected chi connectivity index (χ1v) is 10.7. The van der Waals surface area contributed by atoms with Crippen LogP contribution in [0.5, 0.6) is 0 Å². The van der Waals surface area contributed by atoms with E-state index in [2.05, 4.69) is 20.6 Å². The Morgan fingerprint density at radius 1 is 1.03 bits per heavy atom. The monoisotopic (exact) mass is 458 g/mol. The van der Waals surface area contributed by atoms with E-state index in [9.17, 15) is 23.2 Å². The smallest absolute Gasteiger partial charge is 0.251 e. The van der Waals surface area contributed by atoms with Gasteiger partial charge >= 0.3 is 0 Å². The molecule has 0 spiro atoms. The average Bonchev–Trinajstić information content (AvgIpc) is 2.75. The Morgan fingerprint density at radius 2 is 1.81 bits per heavy atom. The van der Waals surface area contributed by atoms with E-state index in [-0.39, 0.29) is 34.6 Å². The summed E-state index contributed by atoms with van der Waals surface area (Å²) in [7, 11) is 0. The number of nitrogens with zero attached hydrogens (tertiary/aromatic N) is 1. The summed E-state index contributed by atoms with van der Waals surface area (Å²) in [4.78, 5) is 42.7. The number of rotatable bonds is 9. The van der Waals surface area contributed by atoms with Crippen LogP contribution in [0.4, 0.5) is 14.5 Å². The van der Waals surface area contributed by atoms with Crippen LogP contribution in [0.2, 0.25) is 0 Å². The molecule has 0 fully saturated rings. The third-order valence-electron chi connectivity index (χ3n) is 4.24. The second kappa shape index (κ2) is 11.2. The summed E-state index contributed by atoms with van der Waals surface area (Å²) in [6.07, 6.45) is 0.597. The van der Waals surface area contributed by atoms with E-state index >= 15 is 0 Å². The van der Waals surface area contributed by atoms with Gasteiger partial charge < -0.3 is 15.6 Å². The molecular weight excluding hydrogens is 438 g/mol. The van der Waals surface area contributed by atoms with Gasteiger partial charge in [-0.2, -0.15) is 0 Å². The van der Waals surface area contributed by atoms with Crippen LogP contribution in [0.3, 0.4) is 0 Å². The number of anilines is 1. The lowest BCUT2D eigenvalue weighted by Gasteiger charge is -2.07. The van der Waals surface area contributed by atoms with Gasteiger partial charge in [0, 0.05) is 18.7 Å². The number of thioether (sulfide) groups is 1. The third-order valence-corrected chi connectivity index (χ3v) is 5.11. The highest BCUT2D eigenvalue weighted by Gasteiger charge is 2.11. The quantitative estimate of drug-likeness (QED) is 0.338. The van der Waals surface area contributed by atoms with E-state index in [0.29, 0.717) is 19.0 Å². The van der Waals surface area contributed by atoms with Crippen molar-refractivity contribution in [2.45, 2.75) is 18.0 Å². The summed E-state index contributed by atoms with van der Waals surface area (Å²) >= 11 is 0.920. The Balaban J connectivity index is 1.50. The van der Waals surface area contributed by atoms with Crippen molar-refractivity contribution in [3.8, 4) is 0 Å². The standard InChI is InChI=1S/C22H20F2N4O3S/c23-15-6-7-18(17(24)10-15)27-21(31)13-32-22-26-16(12-20(30)28-22)11-19(29)25-9-8-14-4-2-1-3-5-14/h1-7,10,12H,8-9,11,13H2,(H,25,29)(H,27,31)(H,26,28,30). The molecule has 1 heterocycles. The minimum absolute atomic E-state index is 0.0841. The lowest BCUT2D eigenvalue weighted by atomic mass is 10.1. The van der Waals surface area contributed by atoms with Crippen LogP contribution < -0.4 is 16.2 Å². The summed E-state index contributed by atoms with van der Waals surface area (Å²) in [5.74, 6) is -2.66. The van der Waals surface area contributed by atoms with Crippen molar-refractivity contribution < 1.29 is 18.4 Å². The summed E-state index contributed by atoms with van der Waals surface area (Å²) < 4.78 is 26.6. The lowest BCUT2D eigenvalue weighted by Crippen LogP contribution is -2.28. The van der Waals surface area contributed by atoms with Gasteiger partial charge in [-0.05, 0) is 24.1 Å². The highest BCUT2D eigenvalue weighted by Crippen LogP contribution is 2.17. The van der Waals surface area contributed by atoms with Crippen LogP contribution in [-0.4, -0.2) is 34.1 Å². The van der Waals surface area contributed by atoms with E-state index in [1.54, 1.807) is 0 Å². The van der Waals surface area contributed by atoms with Gasteiger partial charge in [-0.15, -0.1) is 0 Å². The van der Waals surface area contributed by atoms with Crippen molar-refractivity contribution in [3.05, 3.63) is 87.8 Å². The molecule has 3 rings (SSSR count). The molecule has 0 aliphatic heterocycles. The molecule has 2 amide bonds. The van der Waals surface area contributed by atoms with Gasteiger partial charge in [-0.3, -0.25) is 14.4 Å². The maximum Gasteiger partial charge on any atom is 0.251 e. The largest absolute Gasteiger partial charge is 0.355 e. The molecule has 0 unspecified atom stereocenters. The van der Waals surface area contributed by atoms with Gasteiger partial charge in [0.2, 0.25) is 11.8 Å². The summed E-state index contributed by atoms with van der Waals surface area (Å²) in [5, 5.41) is 5.25. The first-order chi connectivity index (χ1) is 15.4. The van der Waals surface area contributed by atoms with Crippen LogP contribution in [0, 0.1) is 11.6 Å². The van der Waals surface area contributed by atoms with Crippen molar-refractivity contribution in [1.82, 2.24) is 15.3 Å². The second-order valence-electron chi connectivity index (χ2n) is 6.77. The van der Waals surface area contributed by atoms with E-state index in [0.717, 1.165) is 29.5 Å². The molecule has 166 valence electrons. The normalized spacial score (nSPS) is 10.6. The Bertz CT molecular complexity index is 1160. The molecule has 1 aromatic heterocycles. The molecule has 7 nitrogen and oxygen atoms in total. The van der Waals surface area contributed by atoms with Crippen molar-refractivity contribution in [2.75, 3.05) is 17.6 Å². The number of H-pyrrole nitrogens is 1. The van der Waals surface area contributed by atoms with Gasteiger partial charge in [-0.1, -0.05) is 42.1 Å². The zero-order valence-corrected chi connectivity index (χ0v) is 17.7. The number of hydrogen-bond donors (Lipinski definition) is 3. The fraction of sp³-hybridized carbons (Fsp3) is 0.182. The molecule has 3 N–H and O–H groups in total. The predicted octanol–water partition coefficient (Wildman–Crippen LogP) is 2.68. The molecule has 0 bridgehead atoms. The molecule has 0 saturated heterocycles. The fourth-order valence-electron chi connectivity index (χ4n) is 2.77. The highest BCUT2D eigenvalue weighted by molar-refractivity contribution is 7.99. The molecule has 0 aliphatic carbocycles. The Morgan fingerprint density at radius 3 is 2.56 bits per heavy atom. The van der Waals surface area contributed by atoms with Crippen molar-refractivity contribution >= 4 is 29.3 Å². The van der Waals surface area contributed by atoms with E-state index < -0.39 is 23.1 Å². The number of benzene rings is 2. The zero-order chi connectivity index (χ0) is 22.9. The van der Waals surface area contributed by atoms with Crippen LogP contribution >= 0.6 is 11.8 Å². The minimum Gasteiger partial charge on any atom is -0.355 e. The number of carbonyl (C=O) groups excluding carboxylic acids is 2. The number of nitrogens with one attached hydrogen (secondary N) is 3. The maximum absolute atomic E-state index is 13.6. The summed E-state index contributed by atoms with van der Waals surface area (Å²) in [5.41, 5.74) is 0.747. The number of carbonyl (C=O) groups is 2. The molecule has 0 saturated carbocycles.